The van der Waals surface area contributed by atoms with Gasteiger partial charge in [-0.05, 0) is 82.2 Å². The van der Waals surface area contributed by atoms with E-state index >= 15 is 0 Å². The van der Waals surface area contributed by atoms with Crippen molar-refractivity contribution >= 4 is 17.7 Å². The highest BCUT2D eigenvalue weighted by molar-refractivity contribution is 6.30. The van der Waals surface area contributed by atoms with Crippen LogP contribution in [0.1, 0.15) is 76.5 Å². The number of pyridine rings is 1. The highest BCUT2D eigenvalue weighted by atomic mass is 35.5. The van der Waals surface area contributed by atoms with Crippen molar-refractivity contribution in [3.63, 3.8) is 0 Å². The highest BCUT2D eigenvalue weighted by Crippen LogP contribution is 2.33. The van der Waals surface area contributed by atoms with Crippen molar-refractivity contribution in [2.75, 3.05) is 13.1 Å². The largest absolute Gasteiger partial charge is 0.444 e. The first-order valence-corrected chi connectivity index (χ1v) is 11.8. The number of benzene rings is 1. The molecule has 168 valence electrons. The molecule has 0 aliphatic carbocycles. The summed E-state index contributed by atoms with van der Waals surface area (Å²) in [7, 11) is 0. The zero-order chi connectivity index (χ0) is 22.3. The van der Waals surface area contributed by atoms with Crippen LogP contribution in [-0.2, 0) is 4.74 Å². The lowest BCUT2D eigenvalue weighted by Gasteiger charge is -2.31. The molecule has 1 aromatic heterocycles. The normalized spacial score (nSPS) is 18.7. The lowest BCUT2D eigenvalue weighted by Crippen LogP contribution is -2.39. The third-order valence-electron chi connectivity index (χ3n) is 5.93. The number of likely N-dealkylation sites (tertiary alicyclic amines) is 1. The molecular weight excluding hydrogens is 408 g/mol. The van der Waals surface area contributed by atoms with E-state index in [0.29, 0.717) is 5.92 Å². The van der Waals surface area contributed by atoms with Crippen molar-refractivity contribution in [3.05, 3.63) is 64.9 Å². The molecule has 1 aliphatic rings. The molecule has 3 rings (SSSR count). The van der Waals surface area contributed by atoms with E-state index in [9.17, 15) is 4.79 Å². The maximum absolute atomic E-state index is 12.5. The van der Waals surface area contributed by atoms with Crippen LogP contribution in [0.15, 0.2) is 48.7 Å². The fraction of sp³-hybridized carbons (Fsp3) is 0.538. The summed E-state index contributed by atoms with van der Waals surface area (Å²) in [6.07, 6.45) is 8.28. The zero-order valence-electron chi connectivity index (χ0n) is 19.0. The molecule has 4 nitrogen and oxygen atoms in total. The summed E-state index contributed by atoms with van der Waals surface area (Å²) in [5.41, 5.74) is 1.91. The summed E-state index contributed by atoms with van der Waals surface area (Å²) >= 11 is 6.12. The molecule has 5 heteroatoms. The number of amides is 1. The molecule has 1 aromatic carbocycles. The zero-order valence-corrected chi connectivity index (χ0v) is 19.8. The van der Waals surface area contributed by atoms with Crippen molar-refractivity contribution in [2.24, 2.45) is 5.92 Å². The lowest BCUT2D eigenvalue weighted by atomic mass is 9.84. The summed E-state index contributed by atoms with van der Waals surface area (Å²) in [4.78, 5) is 19.1. The van der Waals surface area contributed by atoms with Crippen LogP contribution in [0.5, 0.6) is 0 Å². The van der Waals surface area contributed by atoms with Gasteiger partial charge in [-0.3, -0.25) is 4.98 Å². The van der Waals surface area contributed by atoms with E-state index in [4.69, 9.17) is 16.3 Å². The molecule has 1 saturated heterocycles. The summed E-state index contributed by atoms with van der Waals surface area (Å²) in [6, 6.07) is 14.3. The highest BCUT2D eigenvalue weighted by Gasteiger charge is 2.25. The molecule has 0 N–H and O–H groups in total. The van der Waals surface area contributed by atoms with Crippen LogP contribution in [0.3, 0.4) is 0 Å². The quantitative estimate of drug-likeness (QED) is 0.497. The molecule has 31 heavy (non-hydrogen) atoms. The Bertz CT molecular complexity index is 818. The Hall–Kier alpha value is -2.07. The molecule has 2 atom stereocenters. The number of carbonyl (C=O) groups is 1. The molecule has 1 amide bonds. The van der Waals surface area contributed by atoms with Crippen LogP contribution in [0.25, 0.3) is 0 Å². The van der Waals surface area contributed by atoms with E-state index in [-0.39, 0.29) is 12.0 Å². The van der Waals surface area contributed by atoms with Crippen molar-refractivity contribution in [1.29, 1.82) is 0 Å². The fourth-order valence-electron chi connectivity index (χ4n) is 4.29. The minimum Gasteiger partial charge on any atom is -0.444 e. The van der Waals surface area contributed by atoms with E-state index in [0.717, 1.165) is 55.9 Å². The van der Waals surface area contributed by atoms with Gasteiger partial charge in [-0.2, -0.15) is 0 Å². The number of aromatic nitrogens is 1. The molecular formula is C26H35ClN2O2. The SMILES string of the molecule is CC(C)(C)OC(=O)N1CCCCC(CCC(c2ccc(Cl)cc2)c2ccccn2)CC1. The third kappa shape index (κ3) is 7.53. The van der Waals surface area contributed by atoms with Gasteiger partial charge in [0.05, 0.1) is 0 Å². The van der Waals surface area contributed by atoms with Gasteiger partial charge in [0.15, 0.2) is 0 Å². The van der Waals surface area contributed by atoms with Gasteiger partial charge in [0.2, 0.25) is 0 Å². The average molecular weight is 443 g/mol. The summed E-state index contributed by atoms with van der Waals surface area (Å²) in [6.45, 7) is 7.34. The second-order valence-electron chi connectivity index (χ2n) is 9.55. The van der Waals surface area contributed by atoms with Gasteiger partial charge in [0, 0.05) is 35.9 Å². The van der Waals surface area contributed by atoms with Gasteiger partial charge in [-0.25, -0.2) is 4.79 Å². The van der Waals surface area contributed by atoms with Crippen LogP contribution >= 0.6 is 11.6 Å². The van der Waals surface area contributed by atoms with Crippen LogP contribution in [0.2, 0.25) is 5.02 Å². The molecule has 0 radical (unpaired) electrons. The number of rotatable bonds is 5. The topological polar surface area (TPSA) is 42.4 Å². The van der Waals surface area contributed by atoms with Crippen molar-refractivity contribution < 1.29 is 9.53 Å². The van der Waals surface area contributed by atoms with Crippen LogP contribution < -0.4 is 0 Å². The molecule has 2 aromatic rings. The maximum Gasteiger partial charge on any atom is 0.410 e. The summed E-state index contributed by atoms with van der Waals surface area (Å²) in [5.74, 6) is 0.856. The minimum atomic E-state index is -0.451. The second kappa shape index (κ2) is 11.0. The Morgan fingerprint density at radius 2 is 1.90 bits per heavy atom. The average Bonchev–Trinajstić information content (AvgIpc) is 2.70. The Balaban J connectivity index is 1.64. The smallest absolute Gasteiger partial charge is 0.410 e. The number of carbonyl (C=O) groups excluding carboxylic acids is 1. The first-order valence-electron chi connectivity index (χ1n) is 11.5. The van der Waals surface area contributed by atoms with Gasteiger partial charge in [0.1, 0.15) is 5.60 Å². The summed E-state index contributed by atoms with van der Waals surface area (Å²) < 4.78 is 5.60. The maximum atomic E-state index is 12.5. The van der Waals surface area contributed by atoms with Crippen molar-refractivity contribution in [1.82, 2.24) is 9.88 Å². The first kappa shape index (κ1) is 23.6. The standard InChI is InChI=1S/C26H35ClN2O2/c1-26(2,3)31-25(30)29-18-7-5-8-20(16-19-29)10-15-23(24-9-4-6-17-28-24)21-11-13-22(27)14-12-21/h4,6,9,11-14,17,20,23H,5,7-8,10,15-16,18-19H2,1-3H3. The number of hydrogen-bond acceptors (Lipinski definition) is 3. The van der Waals surface area contributed by atoms with Gasteiger partial charge in [0.25, 0.3) is 0 Å². The number of halogens is 1. The van der Waals surface area contributed by atoms with Gasteiger partial charge in [-0.15, -0.1) is 0 Å². The Morgan fingerprint density at radius 1 is 1.13 bits per heavy atom. The first-order chi connectivity index (χ1) is 14.8. The van der Waals surface area contributed by atoms with Gasteiger partial charge < -0.3 is 9.64 Å². The van der Waals surface area contributed by atoms with Crippen LogP contribution in [0.4, 0.5) is 4.79 Å². The molecule has 0 saturated carbocycles. The third-order valence-corrected chi connectivity index (χ3v) is 6.18. The Labute approximate surface area is 192 Å². The molecule has 0 bridgehead atoms. The van der Waals surface area contributed by atoms with E-state index in [1.54, 1.807) is 0 Å². The predicted molar refractivity (Wildman–Crippen MR) is 127 cm³/mol. The molecule has 0 spiro atoms. The van der Waals surface area contributed by atoms with E-state index in [2.05, 4.69) is 29.2 Å². The van der Waals surface area contributed by atoms with Crippen molar-refractivity contribution in [3.8, 4) is 0 Å². The predicted octanol–water partition coefficient (Wildman–Crippen LogP) is 7.07. The number of hydrogen-bond donors (Lipinski definition) is 0. The van der Waals surface area contributed by atoms with Crippen LogP contribution in [-0.4, -0.2) is 34.7 Å². The Morgan fingerprint density at radius 3 is 2.58 bits per heavy atom. The Kier molecular flexibility index (Phi) is 8.36. The summed E-state index contributed by atoms with van der Waals surface area (Å²) in [5, 5.41) is 0.755. The molecule has 1 aliphatic heterocycles. The van der Waals surface area contributed by atoms with E-state index in [1.807, 2.05) is 50.1 Å². The van der Waals surface area contributed by atoms with Crippen LogP contribution in [0, 0.1) is 5.92 Å². The monoisotopic (exact) mass is 442 g/mol. The number of nitrogens with zero attached hydrogens (tertiary/aromatic N) is 2. The fourth-order valence-corrected chi connectivity index (χ4v) is 4.42. The molecule has 1 fully saturated rings. The van der Waals surface area contributed by atoms with Gasteiger partial charge in [-0.1, -0.05) is 42.6 Å². The lowest BCUT2D eigenvalue weighted by molar-refractivity contribution is 0.0222. The van der Waals surface area contributed by atoms with E-state index < -0.39 is 5.60 Å². The van der Waals surface area contributed by atoms with Gasteiger partial charge >= 0.3 is 6.09 Å². The molecule has 2 heterocycles. The number of ether oxygens (including phenoxy) is 1. The van der Waals surface area contributed by atoms with Crippen molar-refractivity contribution in [2.45, 2.75) is 70.8 Å². The minimum absolute atomic E-state index is 0.180. The molecule has 2 unspecified atom stereocenters. The van der Waals surface area contributed by atoms with E-state index in [1.165, 1.54) is 12.0 Å². The second-order valence-corrected chi connectivity index (χ2v) is 9.99.